The first kappa shape index (κ1) is 19.6. The first-order chi connectivity index (χ1) is 13.0. The van der Waals surface area contributed by atoms with Gasteiger partial charge in [0, 0.05) is 23.2 Å². The lowest BCUT2D eigenvalue weighted by atomic mass is 10.3. The molecule has 0 saturated carbocycles. The molecule has 3 heterocycles. The number of carbonyl (C=O) groups is 2. The maximum atomic E-state index is 12.3. The lowest BCUT2D eigenvalue weighted by Gasteiger charge is -2.05. The smallest absolute Gasteiger partial charge is 0.340 e. The Morgan fingerprint density at radius 2 is 2.19 bits per heavy atom. The number of ether oxygens (including phenoxy) is 1. The van der Waals surface area contributed by atoms with E-state index in [-0.39, 0.29) is 11.7 Å². The Morgan fingerprint density at radius 1 is 1.37 bits per heavy atom. The van der Waals surface area contributed by atoms with Gasteiger partial charge in [0.25, 0.3) is 0 Å². The Morgan fingerprint density at radius 3 is 2.89 bits per heavy atom. The van der Waals surface area contributed by atoms with Crippen LogP contribution in [0.3, 0.4) is 0 Å². The predicted octanol–water partition coefficient (Wildman–Crippen LogP) is 3.35. The maximum absolute atomic E-state index is 12.3. The normalized spacial score (nSPS) is 10.8. The minimum Gasteiger partial charge on any atom is -0.465 e. The number of amides is 1. The molecule has 3 rings (SSSR count). The van der Waals surface area contributed by atoms with Crippen molar-refractivity contribution in [3.63, 3.8) is 0 Å². The third-order valence-corrected chi connectivity index (χ3v) is 6.55. The van der Waals surface area contributed by atoms with Crippen LogP contribution in [0.4, 0.5) is 5.00 Å². The monoisotopic (exact) mass is 422 g/mol. The fraction of sp³-hybridized carbons (Fsp3) is 0.294. The summed E-state index contributed by atoms with van der Waals surface area (Å²) in [5.41, 5.74) is 0.371. The van der Waals surface area contributed by atoms with Crippen LogP contribution in [0.25, 0.3) is 0 Å². The number of esters is 1. The number of rotatable bonds is 7. The van der Waals surface area contributed by atoms with Crippen molar-refractivity contribution < 1.29 is 14.3 Å². The van der Waals surface area contributed by atoms with Gasteiger partial charge in [-0.15, -0.1) is 32.9 Å². The van der Waals surface area contributed by atoms with E-state index >= 15 is 0 Å². The molecule has 1 N–H and O–H groups in total. The fourth-order valence-electron chi connectivity index (χ4n) is 2.36. The van der Waals surface area contributed by atoms with Crippen LogP contribution in [0.15, 0.2) is 28.7 Å². The van der Waals surface area contributed by atoms with E-state index in [0.717, 1.165) is 10.7 Å². The fourth-order valence-corrected chi connectivity index (χ4v) is 4.70. The Labute approximate surface area is 168 Å². The topological polar surface area (TPSA) is 86.1 Å². The number of carbonyl (C=O) groups excluding carboxylic acids is 2. The maximum Gasteiger partial charge on any atom is 0.340 e. The molecule has 3 aromatic heterocycles. The van der Waals surface area contributed by atoms with Crippen LogP contribution in [-0.4, -0.2) is 39.5 Å². The number of methoxy groups -OCH3 is 1. The number of anilines is 1. The highest BCUT2D eigenvalue weighted by atomic mass is 32.2. The van der Waals surface area contributed by atoms with Crippen molar-refractivity contribution in [2.24, 2.45) is 7.05 Å². The first-order valence-electron chi connectivity index (χ1n) is 8.00. The summed E-state index contributed by atoms with van der Waals surface area (Å²) in [5, 5.41) is 14.4. The zero-order chi connectivity index (χ0) is 19.4. The van der Waals surface area contributed by atoms with Crippen molar-refractivity contribution in [3.8, 4) is 0 Å². The van der Waals surface area contributed by atoms with Gasteiger partial charge in [-0.05, 0) is 24.4 Å². The number of hydrogen-bond acceptors (Lipinski definition) is 8. The lowest BCUT2D eigenvalue weighted by molar-refractivity contribution is -0.113. The molecule has 0 saturated heterocycles. The zero-order valence-electron chi connectivity index (χ0n) is 15.0. The van der Waals surface area contributed by atoms with Gasteiger partial charge in [0.05, 0.1) is 18.4 Å². The molecule has 0 aromatic carbocycles. The summed E-state index contributed by atoms with van der Waals surface area (Å²) in [6.45, 7) is 1.87. The molecule has 1 amide bonds. The van der Waals surface area contributed by atoms with Crippen LogP contribution in [0.2, 0.25) is 0 Å². The standard InChI is InChI=1S/C17H18N4O3S3/c1-10-7-12(16(23)24-3)15(27-10)18-14(22)9-26-17-20-19-13(21(17)2)8-11-5-4-6-25-11/h4-7H,8-9H2,1-3H3,(H,18,22). The molecule has 0 aliphatic rings. The third kappa shape index (κ3) is 4.76. The largest absolute Gasteiger partial charge is 0.465 e. The minimum atomic E-state index is -0.464. The molecule has 7 nitrogen and oxygen atoms in total. The second-order valence-corrected chi connectivity index (χ2v) is 8.87. The second kappa shape index (κ2) is 8.68. The number of aromatic nitrogens is 3. The van der Waals surface area contributed by atoms with Crippen molar-refractivity contribution in [2.75, 3.05) is 18.2 Å². The molecule has 0 atom stereocenters. The predicted molar refractivity (Wildman–Crippen MR) is 108 cm³/mol. The number of aryl methyl sites for hydroxylation is 1. The highest BCUT2D eigenvalue weighted by Gasteiger charge is 2.18. The molecule has 0 spiro atoms. The molecule has 0 radical (unpaired) electrons. The Hall–Kier alpha value is -2.17. The summed E-state index contributed by atoms with van der Waals surface area (Å²) in [6, 6.07) is 5.77. The molecule has 10 heteroatoms. The summed E-state index contributed by atoms with van der Waals surface area (Å²) in [5.74, 6) is 0.341. The summed E-state index contributed by atoms with van der Waals surface area (Å²) in [7, 11) is 3.21. The lowest BCUT2D eigenvalue weighted by Crippen LogP contribution is -2.16. The third-order valence-electron chi connectivity index (χ3n) is 3.68. The number of nitrogens with zero attached hydrogens (tertiary/aromatic N) is 3. The van der Waals surface area contributed by atoms with Gasteiger partial charge in [0.15, 0.2) is 5.16 Å². The van der Waals surface area contributed by atoms with E-state index in [1.54, 1.807) is 17.4 Å². The van der Waals surface area contributed by atoms with Crippen molar-refractivity contribution >= 4 is 51.3 Å². The van der Waals surface area contributed by atoms with E-state index in [4.69, 9.17) is 4.74 Å². The Kier molecular flexibility index (Phi) is 6.30. The zero-order valence-corrected chi connectivity index (χ0v) is 17.5. The molecular weight excluding hydrogens is 404 g/mol. The van der Waals surface area contributed by atoms with Crippen molar-refractivity contribution in [2.45, 2.75) is 18.5 Å². The van der Waals surface area contributed by atoms with Crippen LogP contribution >= 0.6 is 34.4 Å². The van der Waals surface area contributed by atoms with E-state index in [0.29, 0.717) is 22.1 Å². The first-order valence-corrected chi connectivity index (χ1v) is 10.7. The molecule has 3 aromatic rings. The van der Waals surface area contributed by atoms with Crippen LogP contribution in [-0.2, 0) is 23.0 Å². The molecule has 0 aliphatic heterocycles. The second-order valence-electron chi connectivity index (χ2n) is 5.64. The molecule has 27 heavy (non-hydrogen) atoms. The number of thiophene rings is 2. The van der Waals surface area contributed by atoms with Gasteiger partial charge in [-0.25, -0.2) is 4.79 Å². The van der Waals surface area contributed by atoms with Crippen molar-refractivity contribution in [3.05, 3.63) is 44.7 Å². The van der Waals surface area contributed by atoms with Crippen molar-refractivity contribution in [1.29, 1.82) is 0 Å². The molecular formula is C17H18N4O3S3. The van der Waals surface area contributed by atoms with E-state index in [1.807, 2.05) is 30.0 Å². The molecule has 0 unspecified atom stereocenters. The Bertz CT molecular complexity index is 947. The van der Waals surface area contributed by atoms with Gasteiger partial charge in [0.1, 0.15) is 10.8 Å². The van der Waals surface area contributed by atoms with Gasteiger partial charge >= 0.3 is 5.97 Å². The number of nitrogens with one attached hydrogen (secondary N) is 1. The van der Waals surface area contributed by atoms with E-state index in [1.165, 1.54) is 35.1 Å². The Balaban J connectivity index is 1.60. The minimum absolute atomic E-state index is 0.169. The van der Waals surface area contributed by atoms with Crippen LogP contribution < -0.4 is 5.32 Å². The van der Waals surface area contributed by atoms with Gasteiger partial charge in [-0.3, -0.25) is 4.79 Å². The average Bonchev–Trinajstić information content (AvgIpc) is 3.36. The highest BCUT2D eigenvalue weighted by molar-refractivity contribution is 7.99. The van der Waals surface area contributed by atoms with Gasteiger partial charge in [-0.1, -0.05) is 17.8 Å². The van der Waals surface area contributed by atoms with Crippen LogP contribution in [0.5, 0.6) is 0 Å². The van der Waals surface area contributed by atoms with E-state index in [2.05, 4.69) is 21.6 Å². The van der Waals surface area contributed by atoms with Crippen LogP contribution in [0.1, 0.15) is 25.9 Å². The highest BCUT2D eigenvalue weighted by Crippen LogP contribution is 2.28. The molecule has 0 fully saturated rings. The SMILES string of the molecule is COC(=O)c1cc(C)sc1NC(=O)CSc1nnc(Cc2cccs2)n1C. The van der Waals surface area contributed by atoms with E-state index in [9.17, 15) is 9.59 Å². The van der Waals surface area contributed by atoms with Gasteiger partial charge in [0.2, 0.25) is 5.91 Å². The number of hydrogen-bond donors (Lipinski definition) is 1. The van der Waals surface area contributed by atoms with Crippen molar-refractivity contribution in [1.82, 2.24) is 14.8 Å². The number of thioether (sulfide) groups is 1. The summed E-state index contributed by atoms with van der Waals surface area (Å²) in [6.07, 6.45) is 0.713. The summed E-state index contributed by atoms with van der Waals surface area (Å²) >= 11 is 4.32. The van der Waals surface area contributed by atoms with Gasteiger partial charge < -0.3 is 14.6 Å². The van der Waals surface area contributed by atoms with Gasteiger partial charge in [-0.2, -0.15) is 0 Å². The summed E-state index contributed by atoms with van der Waals surface area (Å²) in [4.78, 5) is 26.2. The van der Waals surface area contributed by atoms with E-state index < -0.39 is 5.97 Å². The average molecular weight is 423 g/mol. The summed E-state index contributed by atoms with van der Waals surface area (Å²) < 4.78 is 6.65. The van der Waals surface area contributed by atoms with Crippen LogP contribution in [0, 0.1) is 6.92 Å². The quantitative estimate of drug-likeness (QED) is 0.464. The molecule has 0 bridgehead atoms. The molecule has 0 aliphatic carbocycles. The molecule has 142 valence electrons.